The summed E-state index contributed by atoms with van der Waals surface area (Å²) < 4.78 is 33.0. The number of nitrogens with zero attached hydrogens (tertiary/aromatic N) is 4. The molecule has 3 aromatic heterocycles. The van der Waals surface area contributed by atoms with Crippen LogP contribution in [0.5, 0.6) is 0 Å². The molecule has 0 saturated carbocycles. The molecule has 4 rings (SSSR count). The van der Waals surface area contributed by atoms with Gasteiger partial charge in [-0.1, -0.05) is 11.2 Å². The lowest BCUT2D eigenvalue weighted by Crippen LogP contribution is -2.31. The summed E-state index contributed by atoms with van der Waals surface area (Å²) in [5, 5.41) is 6.97. The van der Waals surface area contributed by atoms with Crippen LogP contribution in [0.4, 0.5) is 11.5 Å². The second-order valence-electron chi connectivity index (χ2n) is 6.74. The molecule has 0 unspecified atom stereocenters. The molecule has 1 aliphatic heterocycles. The highest BCUT2D eigenvalue weighted by molar-refractivity contribution is 7.89. The van der Waals surface area contributed by atoms with Crippen LogP contribution in [0.2, 0.25) is 0 Å². The molecule has 0 aromatic carbocycles. The van der Waals surface area contributed by atoms with Crippen LogP contribution in [0, 0.1) is 13.8 Å². The van der Waals surface area contributed by atoms with E-state index in [-0.39, 0.29) is 10.9 Å². The number of hydrogen-bond donors (Lipinski definition) is 1. The van der Waals surface area contributed by atoms with Crippen molar-refractivity contribution in [1.29, 1.82) is 0 Å². The van der Waals surface area contributed by atoms with E-state index in [9.17, 15) is 8.42 Å². The predicted octanol–water partition coefficient (Wildman–Crippen LogP) is 3.35. The van der Waals surface area contributed by atoms with Crippen molar-refractivity contribution in [1.82, 2.24) is 19.4 Å². The molecule has 3 aromatic rings. The van der Waals surface area contributed by atoms with Gasteiger partial charge < -0.3 is 9.84 Å². The van der Waals surface area contributed by atoms with Gasteiger partial charge in [0.25, 0.3) is 0 Å². The van der Waals surface area contributed by atoms with Crippen LogP contribution in [0.3, 0.4) is 0 Å². The number of anilines is 2. The van der Waals surface area contributed by atoms with Gasteiger partial charge in [-0.15, -0.1) is 0 Å². The lowest BCUT2D eigenvalue weighted by Gasteiger charge is -2.23. The quantitative estimate of drug-likeness (QED) is 0.702. The normalized spacial score (nSPS) is 17.7. The maximum Gasteiger partial charge on any atom is 0.249 e. The van der Waals surface area contributed by atoms with E-state index in [1.807, 2.05) is 30.3 Å². The number of rotatable bonds is 5. The second kappa shape index (κ2) is 7.33. The first-order valence-electron chi connectivity index (χ1n) is 9.05. The molecule has 0 radical (unpaired) electrons. The lowest BCUT2D eigenvalue weighted by molar-refractivity contribution is 0.381. The minimum Gasteiger partial charge on any atom is -0.360 e. The number of nitrogens with one attached hydrogen (secondary N) is 1. The van der Waals surface area contributed by atoms with Gasteiger partial charge in [-0.2, -0.15) is 4.31 Å². The summed E-state index contributed by atoms with van der Waals surface area (Å²) >= 11 is 0. The summed E-state index contributed by atoms with van der Waals surface area (Å²) in [6.45, 7) is 3.71. The van der Waals surface area contributed by atoms with Crippen LogP contribution in [0.1, 0.15) is 36.0 Å². The van der Waals surface area contributed by atoms with Crippen LogP contribution in [0.25, 0.3) is 0 Å². The van der Waals surface area contributed by atoms with E-state index >= 15 is 0 Å². The van der Waals surface area contributed by atoms with Gasteiger partial charge in [-0.3, -0.25) is 4.98 Å². The molecule has 1 aliphatic rings. The molecule has 9 heteroatoms. The highest BCUT2D eigenvalue weighted by Gasteiger charge is 2.39. The van der Waals surface area contributed by atoms with Crippen molar-refractivity contribution in [3.63, 3.8) is 0 Å². The first-order valence-corrected chi connectivity index (χ1v) is 10.5. The maximum atomic E-state index is 13.2. The number of hydrogen-bond acceptors (Lipinski definition) is 7. The van der Waals surface area contributed by atoms with Crippen molar-refractivity contribution in [2.24, 2.45) is 0 Å². The average Bonchev–Trinajstić information content (AvgIpc) is 3.31. The number of sulfonamides is 1. The summed E-state index contributed by atoms with van der Waals surface area (Å²) in [4.78, 5) is 8.89. The number of pyridine rings is 2. The molecular formula is C19H21N5O3S. The minimum atomic E-state index is -3.70. The van der Waals surface area contributed by atoms with Gasteiger partial charge in [0, 0.05) is 12.7 Å². The molecule has 1 N–H and O–H groups in total. The van der Waals surface area contributed by atoms with Crippen LogP contribution >= 0.6 is 0 Å². The van der Waals surface area contributed by atoms with Crippen molar-refractivity contribution < 1.29 is 12.9 Å². The maximum absolute atomic E-state index is 13.2. The molecule has 4 heterocycles. The third-order valence-electron chi connectivity index (χ3n) is 4.80. The smallest absolute Gasteiger partial charge is 0.249 e. The Balaban J connectivity index is 1.58. The van der Waals surface area contributed by atoms with Crippen LogP contribution < -0.4 is 5.32 Å². The predicted molar refractivity (Wildman–Crippen MR) is 104 cm³/mol. The SMILES string of the molecule is Cc1noc(C)c1S(=O)(=O)N1CCC[C@@H]1c1ccc(Nc2ccccn2)cn1. The Morgan fingerprint density at radius 3 is 2.68 bits per heavy atom. The fourth-order valence-electron chi connectivity index (χ4n) is 3.54. The van der Waals surface area contributed by atoms with Crippen LogP contribution in [-0.2, 0) is 10.0 Å². The molecule has 1 saturated heterocycles. The fourth-order valence-corrected chi connectivity index (χ4v) is 5.51. The molecule has 8 nitrogen and oxygen atoms in total. The van der Waals surface area contributed by atoms with E-state index in [1.165, 1.54) is 4.31 Å². The topological polar surface area (TPSA) is 101 Å². The average molecular weight is 399 g/mol. The molecule has 0 spiro atoms. The van der Waals surface area contributed by atoms with E-state index in [4.69, 9.17) is 4.52 Å². The Morgan fingerprint density at radius 1 is 1.18 bits per heavy atom. The van der Waals surface area contributed by atoms with Crippen molar-refractivity contribution in [3.8, 4) is 0 Å². The summed E-state index contributed by atoms with van der Waals surface area (Å²) in [5.74, 6) is 1.03. The van der Waals surface area contributed by atoms with Gasteiger partial charge >= 0.3 is 0 Å². The zero-order valence-corrected chi connectivity index (χ0v) is 16.5. The molecule has 0 amide bonds. The van der Waals surface area contributed by atoms with Crippen molar-refractivity contribution in [2.45, 2.75) is 37.6 Å². The van der Waals surface area contributed by atoms with Gasteiger partial charge in [-0.05, 0) is 51.0 Å². The fraction of sp³-hybridized carbons (Fsp3) is 0.316. The van der Waals surface area contributed by atoms with Gasteiger partial charge in [0.05, 0.1) is 23.6 Å². The van der Waals surface area contributed by atoms with E-state index in [0.29, 0.717) is 18.0 Å². The standard InChI is InChI=1S/C19H21N5O3S/c1-13-19(14(2)27-23-13)28(25,26)24-11-5-6-17(24)16-9-8-15(12-21-16)22-18-7-3-4-10-20-18/h3-4,7-10,12,17H,5-6,11H2,1-2H3,(H,20,22)/t17-/m1/s1. The van der Waals surface area contributed by atoms with Crippen LogP contribution in [0.15, 0.2) is 52.1 Å². The Bertz CT molecular complexity index is 1050. The largest absolute Gasteiger partial charge is 0.360 e. The number of aryl methyl sites for hydroxylation is 2. The molecule has 146 valence electrons. The second-order valence-corrected chi connectivity index (χ2v) is 8.57. The van der Waals surface area contributed by atoms with E-state index in [1.54, 1.807) is 26.2 Å². The summed E-state index contributed by atoms with van der Waals surface area (Å²) in [7, 11) is -3.70. The van der Waals surface area contributed by atoms with Gasteiger partial charge in [0.15, 0.2) is 5.76 Å². The molecule has 0 aliphatic carbocycles. The lowest BCUT2D eigenvalue weighted by atomic mass is 10.1. The minimum absolute atomic E-state index is 0.160. The first-order chi connectivity index (χ1) is 13.5. The molecule has 28 heavy (non-hydrogen) atoms. The van der Waals surface area contributed by atoms with E-state index in [2.05, 4.69) is 20.4 Å². The first kappa shape index (κ1) is 18.6. The van der Waals surface area contributed by atoms with Gasteiger partial charge in [-0.25, -0.2) is 13.4 Å². The van der Waals surface area contributed by atoms with E-state index in [0.717, 1.165) is 30.0 Å². The summed E-state index contributed by atoms with van der Waals surface area (Å²) in [6.07, 6.45) is 4.91. The Morgan fingerprint density at radius 2 is 2.04 bits per heavy atom. The Kier molecular flexibility index (Phi) is 4.86. The van der Waals surface area contributed by atoms with Crippen molar-refractivity contribution in [3.05, 3.63) is 59.9 Å². The molecule has 1 fully saturated rings. The highest BCUT2D eigenvalue weighted by Crippen LogP contribution is 2.37. The Hall–Kier alpha value is -2.78. The summed E-state index contributed by atoms with van der Waals surface area (Å²) in [5.41, 5.74) is 1.89. The van der Waals surface area contributed by atoms with Crippen molar-refractivity contribution in [2.75, 3.05) is 11.9 Å². The zero-order chi connectivity index (χ0) is 19.7. The summed E-state index contributed by atoms with van der Waals surface area (Å²) in [6, 6.07) is 9.05. The zero-order valence-electron chi connectivity index (χ0n) is 15.7. The molecule has 0 bridgehead atoms. The Labute approximate surface area is 163 Å². The van der Waals surface area contributed by atoms with Gasteiger partial charge in [0.2, 0.25) is 10.0 Å². The molecular weight excluding hydrogens is 378 g/mol. The monoisotopic (exact) mass is 399 g/mol. The third-order valence-corrected chi connectivity index (χ3v) is 6.96. The van der Waals surface area contributed by atoms with Crippen LogP contribution in [-0.4, -0.2) is 34.4 Å². The molecule has 1 atom stereocenters. The van der Waals surface area contributed by atoms with Gasteiger partial charge in [0.1, 0.15) is 16.4 Å². The highest BCUT2D eigenvalue weighted by atomic mass is 32.2. The van der Waals surface area contributed by atoms with E-state index < -0.39 is 10.0 Å². The number of aromatic nitrogens is 3. The van der Waals surface area contributed by atoms with Crippen molar-refractivity contribution >= 4 is 21.5 Å². The third kappa shape index (κ3) is 3.38.